The van der Waals surface area contributed by atoms with Crippen LogP contribution in [0.3, 0.4) is 0 Å². The maximum absolute atomic E-state index is 13.7. The lowest BCUT2D eigenvalue weighted by molar-refractivity contribution is 0.0900. The zero-order chi connectivity index (χ0) is 35.0. The maximum Gasteiger partial charge on any atom is 0.274 e. The first kappa shape index (κ1) is 36.1. The van der Waals surface area contributed by atoms with E-state index in [1.54, 1.807) is 73.0 Å². The number of hydrogen-bond donors (Lipinski definition) is 5. The fourth-order valence-corrected chi connectivity index (χ4v) is 5.68. The van der Waals surface area contributed by atoms with Crippen LogP contribution in [0.1, 0.15) is 48.2 Å². The van der Waals surface area contributed by atoms with Crippen molar-refractivity contribution < 1.29 is 19.2 Å². The minimum atomic E-state index is -0.489. The van der Waals surface area contributed by atoms with Crippen molar-refractivity contribution >= 4 is 78.5 Å². The molecule has 3 aromatic heterocycles. The number of hydrogen-bond acceptors (Lipinski definition) is 7. The Labute approximate surface area is 294 Å². The molecule has 0 saturated heterocycles. The van der Waals surface area contributed by atoms with Crippen molar-refractivity contribution in [3.63, 3.8) is 0 Å². The van der Waals surface area contributed by atoms with E-state index in [1.807, 2.05) is 11.1 Å². The second-order valence-electron chi connectivity index (χ2n) is 10.7. The van der Waals surface area contributed by atoms with Crippen LogP contribution in [-0.2, 0) is 21.1 Å². The van der Waals surface area contributed by atoms with Crippen LogP contribution < -0.4 is 26.7 Å². The lowest BCUT2D eigenvalue weighted by Crippen LogP contribution is -2.49. The second kappa shape index (κ2) is 16.4. The topological polar surface area (TPSA) is 188 Å². The number of carbonyl (C=O) groups is 4. The fraction of sp³-hybridized carbons (Fsp3) is 0.290. The Bertz CT molecular complexity index is 1790. The maximum atomic E-state index is 13.7. The van der Waals surface area contributed by atoms with Crippen LogP contribution in [0.5, 0.6) is 0 Å². The molecule has 0 radical (unpaired) electrons. The number of nitrogens with zero attached hydrogens (tertiary/aromatic N) is 6. The largest absolute Gasteiger partial charge is 0.388 e. The molecule has 0 spiro atoms. The summed E-state index contributed by atoms with van der Waals surface area (Å²) >= 11 is 6.93. The zero-order valence-electron chi connectivity index (χ0n) is 26.7. The Hall–Kier alpha value is -4.74. The predicted octanol–water partition coefficient (Wildman–Crippen LogP) is 3.31. The van der Waals surface area contributed by atoms with Crippen molar-refractivity contribution in [2.24, 2.45) is 26.9 Å². The molecule has 4 amide bonds. The minimum absolute atomic E-state index is 0.0293. The molecule has 48 heavy (non-hydrogen) atoms. The molecule has 0 aliphatic heterocycles. The number of anilines is 3. The molecule has 0 atom stereocenters. The zero-order valence-corrected chi connectivity index (χ0v) is 29.8. The Morgan fingerprint density at radius 2 is 1.38 bits per heavy atom. The highest BCUT2D eigenvalue weighted by molar-refractivity contribution is 9.09. The van der Waals surface area contributed by atoms with E-state index in [4.69, 9.17) is 11.1 Å². The number of rotatable bonds is 15. The lowest BCUT2D eigenvalue weighted by Gasteiger charge is -2.32. The molecule has 0 unspecified atom stereocenters. The van der Waals surface area contributed by atoms with Gasteiger partial charge in [0.05, 0.1) is 17.2 Å². The fourth-order valence-electron chi connectivity index (χ4n) is 4.86. The Balaban J connectivity index is 1.50. The summed E-state index contributed by atoms with van der Waals surface area (Å²) in [6.45, 7) is 1.24. The molecule has 6 N–H and O–H groups in total. The first-order chi connectivity index (χ1) is 22.9. The van der Waals surface area contributed by atoms with Gasteiger partial charge in [0, 0.05) is 81.9 Å². The average Bonchev–Trinajstić information content (AvgIpc) is 3.73. The summed E-state index contributed by atoms with van der Waals surface area (Å²) in [5, 5.41) is 24.6. The van der Waals surface area contributed by atoms with Crippen LogP contribution in [0.25, 0.3) is 0 Å². The minimum Gasteiger partial charge on any atom is -0.388 e. The lowest BCUT2D eigenvalue weighted by atomic mass is 10.2. The smallest absolute Gasteiger partial charge is 0.274 e. The average molecular weight is 788 g/mol. The number of nitrogens with two attached hydrogens (primary N) is 1. The standard InChI is InChI=1S/C31H37Br2N11O4/c1-40-18-21(15-23(40)28(45)36-12-9-26(34)35)37-29(46)24-16-22(19-41(24)2)38-30(47)25-17-27(39-42(25)3)44(43(13-10-32)14-11-33)31(48)20-7-5-4-6-8-20/h4-8,15-19H,9-14H2,1-3H3,(H3,34,35)(H,36,45)(H,37,46)(H,38,47). The summed E-state index contributed by atoms with van der Waals surface area (Å²) in [7, 11) is 4.96. The summed E-state index contributed by atoms with van der Waals surface area (Å²) in [6, 6.07) is 13.5. The van der Waals surface area contributed by atoms with E-state index in [0.29, 0.717) is 46.4 Å². The van der Waals surface area contributed by atoms with Gasteiger partial charge in [-0.25, -0.2) is 10.0 Å². The Morgan fingerprint density at radius 3 is 1.92 bits per heavy atom. The van der Waals surface area contributed by atoms with Crippen LogP contribution in [0, 0.1) is 5.41 Å². The molecule has 254 valence electrons. The second-order valence-corrected chi connectivity index (χ2v) is 12.3. The summed E-state index contributed by atoms with van der Waals surface area (Å²) in [6.07, 6.45) is 3.43. The van der Waals surface area contributed by atoms with E-state index in [2.05, 4.69) is 52.9 Å². The third-order valence-electron chi connectivity index (χ3n) is 7.17. The van der Waals surface area contributed by atoms with Gasteiger partial charge in [0.15, 0.2) is 5.82 Å². The molecule has 0 aliphatic carbocycles. The normalized spacial score (nSPS) is 11.0. The molecule has 4 aromatic rings. The Kier molecular flexibility index (Phi) is 12.3. The SMILES string of the molecule is Cn1cc(NC(=O)c2cc(NC(=O)c3cc(N(C(=O)c4ccccc4)N(CCBr)CCBr)nn3C)cn2C)cc1C(=O)NCCC(=N)N. The number of carbonyl (C=O) groups excluding carboxylic acids is 4. The summed E-state index contributed by atoms with van der Waals surface area (Å²) < 4.78 is 4.54. The molecule has 0 saturated carbocycles. The highest BCUT2D eigenvalue weighted by Gasteiger charge is 2.28. The first-order valence-electron chi connectivity index (χ1n) is 14.8. The molecule has 4 rings (SSSR count). The highest BCUT2D eigenvalue weighted by Crippen LogP contribution is 2.23. The number of aromatic nitrogens is 4. The number of benzene rings is 1. The number of aryl methyl sites for hydroxylation is 3. The van der Waals surface area contributed by atoms with Gasteiger partial charge in [-0.15, -0.1) is 0 Å². The molecule has 3 heterocycles. The third kappa shape index (κ3) is 8.78. The monoisotopic (exact) mass is 785 g/mol. The number of alkyl halides is 2. The number of halogens is 2. The van der Waals surface area contributed by atoms with E-state index in [0.717, 1.165) is 0 Å². The molecule has 0 aliphatic rings. The third-order valence-corrected chi connectivity index (χ3v) is 7.88. The summed E-state index contributed by atoms with van der Waals surface area (Å²) in [4.78, 5) is 52.8. The molecular formula is C31H37Br2N11O4. The van der Waals surface area contributed by atoms with E-state index in [9.17, 15) is 19.2 Å². The number of nitrogens with one attached hydrogen (secondary N) is 4. The molecular weight excluding hydrogens is 750 g/mol. The van der Waals surface area contributed by atoms with E-state index in [-0.39, 0.29) is 47.8 Å². The van der Waals surface area contributed by atoms with Gasteiger partial charge in [0.25, 0.3) is 23.6 Å². The molecule has 0 fully saturated rings. The Morgan fingerprint density at radius 1 is 0.833 bits per heavy atom. The van der Waals surface area contributed by atoms with Crippen LogP contribution in [-0.4, -0.2) is 83.7 Å². The first-order valence-corrected chi connectivity index (χ1v) is 17.0. The van der Waals surface area contributed by atoms with Crippen molar-refractivity contribution in [2.45, 2.75) is 6.42 Å². The van der Waals surface area contributed by atoms with Gasteiger partial charge < -0.3 is 30.8 Å². The van der Waals surface area contributed by atoms with Crippen molar-refractivity contribution in [1.29, 1.82) is 5.41 Å². The summed E-state index contributed by atoms with van der Waals surface area (Å²) in [5.74, 6) is -1.35. The highest BCUT2D eigenvalue weighted by atomic mass is 79.9. The molecule has 0 bridgehead atoms. The van der Waals surface area contributed by atoms with Gasteiger partial charge in [-0.3, -0.25) is 29.3 Å². The van der Waals surface area contributed by atoms with E-state index < -0.39 is 11.8 Å². The molecule has 1 aromatic carbocycles. The number of amides is 4. The van der Waals surface area contributed by atoms with Gasteiger partial charge in [-0.1, -0.05) is 50.1 Å². The van der Waals surface area contributed by atoms with Crippen molar-refractivity contribution in [3.05, 3.63) is 83.6 Å². The van der Waals surface area contributed by atoms with Gasteiger partial charge in [0.2, 0.25) is 0 Å². The van der Waals surface area contributed by atoms with Crippen molar-refractivity contribution in [2.75, 3.05) is 45.9 Å². The van der Waals surface area contributed by atoms with Gasteiger partial charge >= 0.3 is 0 Å². The van der Waals surface area contributed by atoms with Gasteiger partial charge in [-0.05, 0) is 24.3 Å². The van der Waals surface area contributed by atoms with E-state index >= 15 is 0 Å². The molecule has 17 heteroatoms. The van der Waals surface area contributed by atoms with Crippen LogP contribution in [0.2, 0.25) is 0 Å². The van der Waals surface area contributed by atoms with Crippen molar-refractivity contribution in [3.8, 4) is 0 Å². The van der Waals surface area contributed by atoms with Crippen LogP contribution in [0.15, 0.2) is 60.9 Å². The van der Waals surface area contributed by atoms with Crippen LogP contribution >= 0.6 is 31.9 Å². The number of amidine groups is 1. The van der Waals surface area contributed by atoms with Crippen molar-refractivity contribution in [1.82, 2.24) is 29.2 Å². The summed E-state index contributed by atoms with van der Waals surface area (Å²) in [5.41, 5.74) is 7.35. The predicted molar refractivity (Wildman–Crippen MR) is 191 cm³/mol. The van der Waals surface area contributed by atoms with Crippen LogP contribution in [0.4, 0.5) is 17.2 Å². The molecule has 15 nitrogen and oxygen atoms in total. The van der Waals surface area contributed by atoms with Gasteiger partial charge in [-0.2, -0.15) is 5.10 Å². The van der Waals surface area contributed by atoms with Gasteiger partial charge in [0.1, 0.15) is 17.1 Å². The number of hydrazine groups is 1. The quantitative estimate of drug-likeness (QED) is 0.0529. The van der Waals surface area contributed by atoms with E-state index in [1.165, 1.54) is 21.8 Å².